The van der Waals surface area contributed by atoms with Gasteiger partial charge in [-0.2, -0.15) is 0 Å². The zero-order valence-electron chi connectivity index (χ0n) is 14.5. The van der Waals surface area contributed by atoms with Crippen molar-refractivity contribution >= 4 is 56.5 Å². The first-order chi connectivity index (χ1) is 12.8. The number of ketones is 1. The van der Waals surface area contributed by atoms with Gasteiger partial charge in [0.15, 0.2) is 6.61 Å². The van der Waals surface area contributed by atoms with Crippen LogP contribution in [0.1, 0.15) is 21.7 Å². The molecule has 0 amide bonds. The van der Waals surface area contributed by atoms with E-state index in [1.165, 1.54) is 0 Å². The predicted octanol–water partition coefficient (Wildman–Crippen LogP) is 7.08. The van der Waals surface area contributed by atoms with Crippen LogP contribution in [-0.4, -0.2) is 17.0 Å². The number of halogens is 4. The Morgan fingerprint density at radius 2 is 1.74 bits per heavy atom. The minimum absolute atomic E-state index is 0.104. The third kappa shape index (κ3) is 4.35. The molecule has 0 atom stereocenters. The highest BCUT2D eigenvalue weighted by molar-refractivity contribution is 9.10. The molecule has 0 unspecified atom stereocenters. The molecule has 0 saturated heterocycles. The number of aryl methyl sites for hydroxylation is 1. The zero-order valence-corrected chi connectivity index (χ0v) is 18.4. The number of aromatic nitrogens is 1. The lowest BCUT2D eigenvalue weighted by atomic mass is 10.1. The van der Waals surface area contributed by atoms with E-state index in [-0.39, 0.29) is 12.4 Å². The molecule has 0 aliphatic heterocycles. The van der Waals surface area contributed by atoms with Crippen molar-refractivity contribution < 1.29 is 9.53 Å². The van der Waals surface area contributed by atoms with E-state index in [2.05, 4.69) is 15.9 Å². The number of nitrogens with zero attached hydrogens (tertiary/aromatic N) is 1. The highest BCUT2D eigenvalue weighted by atomic mass is 79.9. The fourth-order valence-corrected chi connectivity index (χ4v) is 3.90. The second kappa shape index (κ2) is 8.27. The van der Waals surface area contributed by atoms with E-state index in [9.17, 15) is 4.79 Å². The standard InChI is InChI=1S/C20H15BrCl3NO2/c1-11-7-15(12(2)25(11)14-4-5-16(22)17(23)9-14)19(26)10-27-20-6-3-13(21)8-18(20)24/h3-9H,10H2,1-2H3. The third-order valence-electron chi connectivity index (χ3n) is 4.15. The Hall–Kier alpha value is -1.46. The second-order valence-corrected chi connectivity index (χ2v) is 8.14. The molecule has 0 bridgehead atoms. The Bertz CT molecular complexity index is 1030. The summed E-state index contributed by atoms with van der Waals surface area (Å²) < 4.78 is 8.41. The minimum Gasteiger partial charge on any atom is -0.484 e. The first kappa shape index (κ1) is 20.3. The van der Waals surface area contributed by atoms with E-state index in [4.69, 9.17) is 39.5 Å². The van der Waals surface area contributed by atoms with Crippen LogP contribution in [0.2, 0.25) is 15.1 Å². The van der Waals surface area contributed by atoms with Crippen LogP contribution < -0.4 is 4.74 Å². The van der Waals surface area contributed by atoms with Gasteiger partial charge in [0.2, 0.25) is 5.78 Å². The van der Waals surface area contributed by atoms with E-state index >= 15 is 0 Å². The summed E-state index contributed by atoms with van der Waals surface area (Å²) in [7, 11) is 0. The van der Waals surface area contributed by atoms with Gasteiger partial charge in [0.25, 0.3) is 0 Å². The van der Waals surface area contributed by atoms with Crippen LogP contribution in [0.4, 0.5) is 0 Å². The van der Waals surface area contributed by atoms with Crippen LogP contribution in [0.25, 0.3) is 5.69 Å². The van der Waals surface area contributed by atoms with Crippen LogP contribution in [0, 0.1) is 13.8 Å². The smallest absolute Gasteiger partial charge is 0.202 e. The number of carbonyl (C=O) groups is 1. The Kier molecular flexibility index (Phi) is 6.21. The van der Waals surface area contributed by atoms with Crippen LogP contribution >= 0.6 is 50.7 Å². The lowest BCUT2D eigenvalue weighted by Gasteiger charge is -2.11. The van der Waals surface area contributed by atoms with Gasteiger partial charge in [0.1, 0.15) is 5.75 Å². The van der Waals surface area contributed by atoms with Gasteiger partial charge >= 0.3 is 0 Å². The van der Waals surface area contributed by atoms with Crippen molar-refractivity contribution in [2.45, 2.75) is 13.8 Å². The quantitative estimate of drug-likeness (QED) is 0.360. The summed E-state index contributed by atoms with van der Waals surface area (Å²) >= 11 is 21.6. The monoisotopic (exact) mass is 485 g/mol. The Labute approximate surface area is 180 Å². The molecule has 1 heterocycles. The molecule has 3 rings (SSSR count). The molecule has 0 fully saturated rings. The third-order valence-corrected chi connectivity index (χ3v) is 5.67. The van der Waals surface area contributed by atoms with Gasteiger partial charge in [0, 0.05) is 27.1 Å². The van der Waals surface area contributed by atoms with Gasteiger partial charge < -0.3 is 9.30 Å². The summed E-state index contributed by atoms with van der Waals surface area (Å²) in [5, 5.41) is 1.39. The minimum atomic E-state index is -0.131. The van der Waals surface area contributed by atoms with Crippen molar-refractivity contribution in [3.05, 3.63) is 79.0 Å². The molecule has 3 nitrogen and oxygen atoms in total. The molecule has 27 heavy (non-hydrogen) atoms. The average molecular weight is 488 g/mol. The Morgan fingerprint density at radius 1 is 1.00 bits per heavy atom. The summed E-state index contributed by atoms with van der Waals surface area (Å²) in [6.07, 6.45) is 0. The molecule has 7 heteroatoms. The molecule has 0 aliphatic rings. The molecular formula is C20H15BrCl3NO2. The van der Waals surface area contributed by atoms with Crippen molar-refractivity contribution in [3.8, 4) is 11.4 Å². The molecule has 2 aromatic carbocycles. The van der Waals surface area contributed by atoms with E-state index in [0.29, 0.717) is 26.4 Å². The molecule has 140 valence electrons. The van der Waals surface area contributed by atoms with E-state index in [1.807, 2.05) is 36.6 Å². The second-order valence-electron chi connectivity index (χ2n) is 6.01. The van der Waals surface area contributed by atoms with Crippen molar-refractivity contribution in [3.63, 3.8) is 0 Å². The van der Waals surface area contributed by atoms with Crippen LogP contribution in [0.3, 0.4) is 0 Å². The van der Waals surface area contributed by atoms with Crippen molar-refractivity contribution in [2.24, 2.45) is 0 Å². The summed E-state index contributed by atoms with van der Waals surface area (Å²) in [5.74, 6) is 0.333. The first-order valence-electron chi connectivity index (χ1n) is 8.03. The number of hydrogen-bond acceptors (Lipinski definition) is 2. The van der Waals surface area contributed by atoms with E-state index in [1.54, 1.807) is 24.3 Å². The molecule has 3 aromatic rings. The lowest BCUT2D eigenvalue weighted by Crippen LogP contribution is -2.13. The molecule has 0 aliphatic carbocycles. The summed E-state index contributed by atoms with van der Waals surface area (Å²) in [4.78, 5) is 12.7. The fourth-order valence-electron chi connectivity index (χ4n) is 2.88. The highest BCUT2D eigenvalue weighted by Crippen LogP contribution is 2.29. The number of rotatable bonds is 5. The number of hydrogen-bond donors (Lipinski definition) is 0. The summed E-state index contributed by atoms with van der Waals surface area (Å²) in [5.41, 5.74) is 3.15. The summed E-state index contributed by atoms with van der Waals surface area (Å²) in [6, 6.07) is 12.5. The molecular weight excluding hydrogens is 472 g/mol. The van der Waals surface area contributed by atoms with Crippen LogP contribution in [0.15, 0.2) is 46.9 Å². The van der Waals surface area contributed by atoms with Crippen LogP contribution in [0.5, 0.6) is 5.75 Å². The molecule has 0 saturated carbocycles. The van der Waals surface area contributed by atoms with Gasteiger partial charge in [-0.1, -0.05) is 50.7 Å². The maximum absolute atomic E-state index is 12.7. The predicted molar refractivity (Wildman–Crippen MR) is 114 cm³/mol. The number of carbonyl (C=O) groups excluding carboxylic acids is 1. The van der Waals surface area contributed by atoms with Crippen molar-refractivity contribution in [1.29, 1.82) is 0 Å². The fraction of sp³-hybridized carbons (Fsp3) is 0.150. The van der Waals surface area contributed by atoms with Crippen LogP contribution in [-0.2, 0) is 0 Å². The largest absolute Gasteiger partial charge is 0.484 e. The van der Waals surface area contributed by atoms with Gasteiger partial charge in [-0.25, -0.2) is 0 Å². The van der Waals surface area contributed by atoms with Gasteiger partial charge in [-0.15, -0.1) is 0 Å². The highest BCUT2D eigenvalue weighted by Gasteiger charge is 2.18. The molecule has 1 aromatic heterocycles. The maximum Gasteiger partial charge on any atom is 0.202 e. The summed E-state index contributed by atoms with van der Waals surface area (Å²) in [6.45, 7) is 3.71. The SMILES string of the molecule is Cc1cc(C(=O)COc2ccc(Br)cc2Cl)c(C)n1-c1ccc(Cl)c(Cl)c1. The number of Topliss-reactive ketones (excluding diaryl/α,β-unsaturated/α-hetero) is 1. The first-order valence-corrected chi connectivity index (χ1v) is 9.96. The van der Waals surface area contributed by atoms with Gasteiger partial charge in [-0.3, -0.25) is 4.79 Å². The van der Waals surface area contributed by atoms with E-state index in [0.717, 1.165) is 21.5 Å². The van der Waals surface area contributed by atoms with Gasteiger partial charge in [-0.05, 0) is 56.3 Å². The van der Waals surface area contributed by atoms with Crippen molar-refractivity contribution in [1.82, 2.24) is 4.57 Å². The molecule has 0 radical (unpaired) electrons. The normalized spacial score (nSPS) is 10.9. The average Bonchev–Trinajstić information content (AvgIpc) is 2.91. The van der Waals surface area contributed by atoms with Crippen molar-refractivity contribution in [2.75, 3.05) is 6.61 Å². The zero-order chi connectivity index (χ0) is 19.7. The van der Waals surface area contributed by atoms with E-state index < -0.39 is 0 Å². The Balaban J connectivity index is 1.84. The van der Waals surface area contributed by atoms with Gasteiger partial charge in [0.05, 0.1) is 15.1 Å². The topological polar surface area (TPSA) is 31.2 Å². The lowest BCUT2D eigenvalue weighted by molar-refractivity contribution is 0.0921. The Morgan fingerprint density at radius 3 is 2.41 bits per heavy atom. The number of benzene rings is 2. The maximum atomic E-state index is 12.7. The molecule has 0 N–H and O–H groups in total. The molecule has 0 spiro atoms. The number of ether oxygens (including phenoxy) is 1.